The molecule has 0 saturated heterocycles. The number of hydrogen-bond acceptors (Lipinski definition) is 4. The van der Waals surface area contributed by atoms with Crippen molar-refractivity contribution in [3.63, 3.8) is 0 Å². The van der Waals surface area contributed by atoms with Crippen molar-refractivity contribution in [3.05, 3.63) is 73.2 Å². The van der Waals surface area contributed by atoms with Crippen molar-refractivity contribution in [1.82, 2.24) is 9.97 Å². The second-order valence-corrected chi connectivity index (χ2v) is 5.13. The molecular formula is C16H12N2OS. The molecule has 0 amide bonds. The maximum absolute atomic E-state index is 5.74. The van der Waals surface area contributed by atoms with Crippen LogP contribution in [-0.4, -0.2) is 9.97 Å². The van der Waals surface area contributed by atoms with Gasteiger partial charge in [0.25, 0.3) is 0 Å². The number of pyridine rings is 2. The lowest BCUT2D eigenvalue weighted by Gasteiger charge is -2.06. The maximum Gasteiger partial charge on any atom is 0.145 e. The average Bonchev–Trinajstić information content (AvgIpc) is 2.50. The van der Waals surface area contributed by atoms with Crippen LogP contribution in [0.5, 0.6) is 11.5 Å². The molecule has 2 aromatic heterocycles. The van der Waals surface area contributed by atoms with Gasteiger partial charge in [-0.05, 0) is 30.3 Å². The molecule has 1 aromatic carbocycles. The quantitative estimate of drug-likeness (QED) is 0.708. The predicted molar refractivity (Wildman–Crippen MR) is 79.1 cm³/mol. The molecule has 0 fully saturated rings. The largest absolute Gasteiger partial charge is 0.456 e. The highest BCUT2D eigenvalue weighted by atomic mass is 32.2. The van der Waals surface area contributed by atoms with Crippen molar-refractivity contribution in [1.29, 1.82) is 0 Å². The van der Waals surface area contributed by atoms with Crippen molar-refractivity contribution in [2.45, 2.75) is 9.92 Å². The lowest BCUT2D eigenvalue weighted by molar-refractivity contribution is 0.477. The maximum atomic E-state index is 5.74. The smallest absolute Gasteiger partial charge is 0.145 e. The van der Waals surface area contributed by atoms with Crippen molar-refractivity contribution in [3.8, 4) is 11.5 Å². The van der Waals surface area contributed by atoms with Crippen LogP contribution in [0, 0.1) is 0 Å². The molecule has 4 heteroatoms. The van der Waals surface area contributed by atoms with Gasteiger partial charge in [0.05, 0.1) is 6.20 Å². The lowest BCUT2D eigenvalue weighted by atomic mass is 10.4. The molecule has 20 heavy (non-hydrogen) atoms. The van der Waals surface area contributed by atoms with E-state index in [1.54, 1.807) is 30.4 Å². The Kier molecular flexibility index (Phi) is 3.94. The summed E-state index contributed by atoms with van der Waals surface area (Å²) in [7, 11) is 0. The fraction of sp³-hybridized carbons (Fsp3) is 0. The Labute approximate surface area is 121 Å². The first-order valence-electron chi connectivity index (χ1n) is 6.17. The van der Waals surface area contributed by atoms with Crippen LogP contribution < -0.4 is 4.74 Å². The Morgan fingerprint density at radius 3 is 2.55 bits per heavy atom. The van der Waals surface area contributed by atoms with Gasteiger partial charge < -0.3 is 4.74 Å². The van der Waals surface area contributed by atoms with Gasteiger partial charge in [-0.3, -0.25) is 4.98 Å². The van der Waals surface area contributed by atoms with Crippen LogP contribution in [-0.2, 0) is 0 Å². The second-order valence-electron chi connectivity index (χ2n) is 4.04. The molecule has 2 heterocycles. The minimum atomic E-state index is 0.717. The summed E-state index contributed by atoms with van der Waals surface area (Å²) in [5.74, 6) is 1.47. The first kappa shape index (κ1) is 12.7. The standard InChI is InChI=1S/C16H12N2OS/c1-2-6-15(7-3-1)20-16-11-13(8-10-18-16)19-14-5-4-9-17-12-14/h1-12H. The topological polar surface area (TPSA) is 35.0 Å². The minimum Gasteiger partial charge on any atom is -0.456 e. The molecule has 0 bridgehead atoms. The van der Waals surface area contributed by atoms with Crippen molar-refractivity contribution in [2.75, 3.05) is 0 Å². The van der Waals surface area contributed by atoms with E-state index in [4.69, 9.17) is 4.74 Å². The molecule has 0 spiro atoms. The number of ether oxygens (including phenoxy) is 1. The Morgan fingerprint density at radius 2 is 1.75 bits per heavy atom. The third-order valence-corrected chi connectivity index (χ3v) is 3.48. The van der Waals surface area contributed by atoms with E-state index in [9.17, 15) is 0 Å². The van der Waals surface area contributed by atoms with E-state index < -0.39 is 0 Å². The predicted octanol–water partition coefficient (Wildman–Crippen LogP) is 4.42. The minimum absolute atomic E-state index is 0.717. The van der Waals surface area contributed by atoms with Gasteiger partial charge in [0, 0.05) is 23.4 Å². The van der Waals surface area contributed by atoms with Crippen LogP contribution >= 0.6 is 11.8 Å². The van der Waals surface area contributed by atoms with Crippen molar-refractivity contribution >= 4 is 11.8 Å². The van der Waals surface area contributed by atoms with Crippen LogP contribution in [0.1, 0.15) is 0 Å². The first-order chi connectivity index (χ1) is 9.90. The molecule has 0 N–H and O–H groups in total. The number of benzene rings is 1. The fourth-order valence-electron chi connectivity index (χ4n) is 1.66. The summed E-state index contributed by atoms with van der Waals surface area (Å²) >= 11 is 1.61. The number of nitrogens with zero attached hydrogens (tertiary/aromatic N) is 2. The number of hydrogen-bond donors (Lipinski definition) is 0. The van der Waals surface area contributed by atoms with E-state index in [0.717, 1.165) is 21.4 Å². The molecule has 0 aliphatic heterocycles. The van der Waals surface area contributed by atoms with Crippen molar-refractivity contribution < 1.29 is 4.74 Å². The average molecular weight is 280 g/mol. The third kappa shape index (κ3) is 3.36. The number of aromatic nitrogens is 2. The zero-order chi connectivity index (χ0) is 13.6. The molecule has 0 radical (unpaired) electrons. The monoisotopic (exact) mass is 280 g/mol. The van der Waals surface area contributed by atoms with E-state index in [1.165, 1.54) is 0 Å². The van der Waals surface area contributed by atoms with Gasteiger partial charge in [0.15, 0.2) is 0 Å². The zero-order valence-electron chi connectivity index (χ0n) is 10.6. The summed E-state index contributed by atoms with van der Waals surface area (Å²) in [6, 6.07) is 17.6. The van der Waals surface area contributed by atoms with Crippen LogP contribution in [0.4, 0.5) is 0 Å². The summed E-state index contributed by atoms with van der Waals surface area (Å²) in [6.45, 7) is 0. The SMILES string of the molecule is c1ccc(Sc2cc(Oc3cccnc3)ccn2)cc1. The molecule has 3 nitrogen and oxygen atoms in total. The highest BCUT2D eigenvalue weighted by molar-refractivity contribution is 7.99. The van der Waals surface area contributed by atoms with Gasteiger partial charge in [-0.1, -0.05) is 30.0 Å². The molecule has 0 aliphatic carbocycles. The molecule has 0 aliphatic rings. The van der Waals surface area contributed by atoms with Crippen LogP contribution in [0.15, 0.2) is 83.1 Å². The van der Waals surface area contributed by atoms with Gasteiger partial charge in [0.2, 0.25) is 0 Å². The molecular weight excluding hydrogens is 268 g/mol. The second kappa shape index (κ2) is 6.21. The summed E-state index contributed by atoms with van der Waals surface area (Å²) < 4.78 is 5.74. The summed E-state index contributed by atoms with van der Waals surface area (Å²) in [6.07, 6.45) is 5.15. The molecule has 98 valence electrons. The van der Waals surface area contributed by atoms with E-state index in [1.807, 2.05) is 42.5 Å². The van der Waals surface area contributed by atoms with Gasteiger partial charge in [0.1, 0.15) is 16.5 Å². The Bertz CT molecular complexity index is 618. The number of rotatable bonds is 4. The van der Waals surface area contributed by atoms with Gasteiger partial charge >= 0.3 is 0 Å². The van der Waals surface area contributed by atoms with E-state index >= 15 is 0 Å². The Balaban J connectivity index is 1.76. The van der Waals surface area contributed by atoms with Gasteiger partial charge in [-0.25, -0.2) is 4.98 Å². The van der Waals surface area contributed by atoms with Crippen LogP contribution in [0.2, 0.25) is 0 Å². The van der Waals surface area contributed by atoms with Gasteiger partial charge in [-0.15, -0.1) is 0 Å². The summed E-state index contributed by atoms with van der Waals surface area (Å²) in [5, 5.41) is 0.901. The summed E-state index contributed by atoms with van der Waals surface area (Å²) in [5.41, 5.74) is 0. The molecule has 0 unspecified atom stereocenters. The van der Waals surface area contributed by atoms with Crippen LogP contribution in [0.3, 0.4) is 0 Å². The fourth-order valence-corrected chi connectivity index (χ4v) is 2.49. The molecule has 3 rings (SSSR count). The zero-order valence-corrected chi connectivity index (χ0v) is 11.5. The Hall–Kier alpha value is -2.33. The third-order valence-electron chi connectivity index (χ3n) is 2.54. The van der Waals surface area contributed by atoms with E-state index in [0.29, 0.717) is 0 Å². The lowest BCUT2D eigenvalue weighted by Crippen LogP contribution is -1.86. The normalized spacial score (nSPS) is 10.2. The highest BCUT2D eigenvalue weighted by Crippen LogP contribution is 2.29. The Morgan fingerprint density at radius 1 is 0.850 bits per heavy atom. The van der Waals surface area contributed by atoms with E-state index in [2.05, 4.69) is 22.1 Å². The molecule has 0 saturated carbocycles. The molecule has 0 atom stereocenters. The van der Waals surface area contributed by atoms with Crippen LogP contribution in [0.25, 0.3) is 0 Å². The first-order valence-corrected chi connectivity index (χ1v) is 6.99. The highest BCUT2D eigenvalue weighted by Gasteiger charge is 2.02. The molecule has 3 aromatic rings. The van der Waals surface area contributed by atoms with E-state index in [-0.39, 0.29) is 0 Å². The summed E-state index contributed by atoms with van der Waals surface area (Å²) in [4.78, 5) is 9.52. The van der Waals surface area contributed by atoms with Crippen molar-refractivity contribution in [2.24, 2.45) is 0 Å². The van der Waals surface area contributed by atoms with Gasteiger partial charge in [-0.2, -0.15) is 0 Å².